The zero-order valence-corrected chi connectivity index (χ0v) is 18.2. The summed E-state index contributed by atoms with van der Waals surface area (Å²) in [5.41, 5.74) is 3.58. The second-order valence-corrected chi connectivity index (χ2v) is 8.15. The molecule has 2 aromatic heterocycles. The summed E-state index contributed by atoms with van der Waals surface area (Å²) < 4.78 is 31.7. The zero-order chi connectivity index (χ0) is 22.2. The third kappa shape index (κ3) is 3.42. The summed E-state index contributed by atoms with van der Waals surface area (Å²) in [6.07, 6.45) is 0.0928. The molecule has 1 aliphatic heterocycles. The third-order valence-electron chi connectivity index (χ3n) is 5.92. The van der Waals surface area contributed by atoms with Crippen molar-refractivity contribution >= 4 is 18.0 Å². The van der Waals surface area contributed by atoms with E-state index >= 15 is 0 Å². The van der Waals surface area contributed by atoms with Crippen LogP contribution in [0.15, 0.2) is 60.8 Å². The average Bonchev–Trinajstić information content (AvgIpc) is 3.41. The molecule has 0 spiro atoms. The average molecular weight is 453 g/mol. The molecule has 6 nitrogen and oxygen atoms in total. The van der Waals surface area contributed by atoms with E-state index in [1.54, 1.807) is 6.20 Å². The van der Waals surface area contributed by atoms with Crippen LogP contribution in [0, 0.1) is 4.77 Å². The molecule has 32 heavy (non-hydrogen) atoms. The topological polar surface area (TPSA) is 63.5 Å². The normalized spacial score (nSPS) is 17.9. The molecule has 164 valence electrons. The van der Waals surface area contributed by atoms with Crippen molar-refractivity contribution in [1.29, 1.82) is 0 Å². The van der Waals surface area contributed by atoms with Gasteiger partial charge in [-0.25, -0.2) is 13.5 Å². The van der Waals surface area contributed by atoms with E-state index in [0.29, 0.717) is 22.0 Å². The lowest BCUT2D eigenvalue weighted by Crippen LogP contribution is -2.31. The van der Waals surface area contributed by atoms with Crippen LogP contribution in [0.1, 0.15) is 36.6 Å². The van der Waals surface area contributed by atoms with Crippen LogP contribution < -0.4 is 5.32 Å². The van der Waals surface area contributed by atoms with Crippen LogP contribution in [0.5, 0.6) is 0 Å². The van der Waals surface area contributed by atoms with Gasteiger partial charge in [0.2, 0.25) is 0 Å². The van der Waals surface area contributed by atoms with Gasteiger partial charge >= 0.3 is 0 Å². The molecule has 0 saturated heterocycles. The fourth-order valence-corrected chi connectivity index (χ4v) is 4.56. The number of para-hydroxylation sites is 1. The molecule has 3 heterocycles. The van der Waals surface area contributed by atoms with Crippen molar-refractivity contribution in [3.63, 3.8) is 0 Å². The molecular formula is C23H22F2N6S. The van der Waals surface area contributed by atoms with Gasteiger partial charge in [0.05, 0.1) is 23.5 Å². The number of H-pyrrole nitrogens is 1. The first-order valence-electron chi connectivity index (χ1n) is 10.5. The summed E-state index contributed by atoms with van der Waals surface area (Å²) in [6, 6.07) is 16.3. The molecule has 2 N–H and O–H groups in total. The van der Waals surface area contributed by atoms with Gasteiger partial charge in [-0.15, -0.1) is 0 Å². The summed E-state index contributed by atoms with van der Waals surface area (Å²) in [7, 11) is 0. The number of alkyl halides is 2. The van der Waals surface area contributed by atoms with Gasteiger partial charge in [-0.05, 0) is 42.3 Å². The molecule has 5 rings (SSSR count). The van der Waals surface area contributed by atoms with Crippen LogP contribution in [0.3, 0.4) is 0 Å². The highest BCUT2D eigenvalue weighted by Crippen LogP contribution is 2.42. The highest BCUT2D eigenvalue weighted by molar-refractivity contribution is 7.71. The Balaban J connectivity index is 1.65. The SMILES string of the molecule is CCc1ccccc1-n1c(-c2cnn3c2N[C@H](c2ccccc2)C[C@@H]3C(F)F)n[nH]c1=S. The van der Waals surface area contributed by atoms with Crippen LogP contribution in [0.25, 0.3) is 17.1 Å². The summed E-state index contributed by atoms with van der Waals surface area (Å²) in [6.45, 7) is 2.07. The van der Waals surface area contributed by atoms with E-state index in [9.17, 15) is 8.78 Å². The molecule has 0 aliphatic carbocycles. The van der Waals surface area contributed by atoms with Crippen molar-refractivity contribution in [1.82, 2.24) is 24.5 Å². The summed E-state index contributed by atoms with van der Waals surface area (Å²) in [4.78, 5) is 0. The summed E-state index contributed by atoms with van der Waals surface area (Å²) in [5.74, 6) is 1.05. The van der Waals surface area contributed by atoms with Gasteiger partial charge in [-0.3, -0.25) is 9.67 Å². The van der Waals surface area contributed by atoms with Gasteiger partial charge in [-0.2, -0.15) is 10.2 Å². The number of nitrogens with one attached hydrogen (secondary N) is 2. The fraction of sp³-hybridized carbons (Fsp3) is 0.261. The Kier molecular flexibility index (Phi) is 5.34. The number of benzene rings is 2. The highest BCUT2D eigenvalue weighted by Gasteiger charge is 2.36. The lowest BCUT2D eigenvalue weighted by atomic mass is 9.97. The largest absolute Gasteiger partial charge is 0.363 e. The monoisotopic (exact) mass is 452 g/mol. The minimum absolute atomic E-state index is 0.237. The third-order valence-corrected chi connectivity index (χ3v) is 6.19. The van der Waals surface area contributed by atoms with Gasteiger partial charge < -0.3 is 5.32 Å². The first-order valence-corrected chi connectivity index (χ1v) is 10.9. The van der Waals surface area contributed by atoms with Gasteiger partial charge in [0.25, 0.3) is 6.43 Å². The van der Waals surface area contributed by atoms with Crippen LogP contribution in [0.4, 0.5) is 14.6 Å². The number of aromatic nitrogens is 5. The number of hydrogen-bond acceptors (Lipinski definition) is 4. The van der Waals surface area contributed by atoms with E-state index in [1.165, 1.54) is 4.68 Å². The van der Waals surface area contributed by atoms with Crippen LogP contribution in [-0.2, 0) is 6.42 Å². The Morgan fingerprint density at radius 3 is 2.62 bits per heavy atom. The molecule has 0 fully saturated rings. The lowest BCUT2D eigenvalue weighted by Gasteiger charge is -2.32. The molecule has 4 aromatic rings. The Hall–Kier alpha value is -3.33. The number of nitrogens with zero attached hydrogens (tertiary/aromatic N) is 4. The Morgan fingerprint density at radius 1 is 1.12 bits per heavy atom. The van der Waals surface area contributed by atoms with Crippen molar-refractivity contribution in [3.05, 3.63) is 76.7 Å². The van der Waals surface area contributed by atoms with Crippen molar-refractivity contribution in [2.45, 2.75) is 38.3 Å². The molecule has 0 radical (unpaired) electrons. The first kappa shape index (κ1) is 20.6. The highest BCUT2D eigenvalue weighted by atomic mass is 32.1. The quantitative estimate of drug-likeness (QED) is 0.380. The molecule has 0 saturated carbocycles. The maximum Gasteiger partial charge on any atom is 0.260 e. The molecule has 2 atom stereocenters. The van der Waals surface area contributed by atoms with Gasteiger partial charge in [0, 0.05) is 0 Å². The minimum atomic E-state index is -2.54. The smallest absolute Gasteiger partial charge is 0.260 e. The van der Waals surface area contributed by atoms with Crippen molar-refractivity contribution in [3.8, 4) is 17.1 Å². The molecule has 2 aromatic carbocycles. The van der Waals surface area contributed by atoms with Crippen molar-refractivity contribution < 1.29 is 8.78 Å². The molecule has 0 amide bonds. The first-order chi connectivity index (χ1) is 15.6. The van der Waals surface area contributed by atoms with E-state index in [0.717, 1.165) is 23.2 Å². The number of rotatable bonds is 5. The van der Waals surface area contributed by atoms with E-state index in [1.807, 2.05) is 59.2 Å². The van der Waals surface area contributed by atoms with E-state index in [4.69, 9.17) is 12.2 Å². The molecule has 0 bridgehead atoms. The molecular weight excluding hydrogens is 430 g/mol. The van der Waals surface area contributed by atoms with Crippen LogP contribution >= 0.6 is 12.2 Å². The van der Waals surface area contributed by atoms with Gasteiger partial charge in [0.1, 0.15) is 11.9 Å². The predicted molar refractivity (Wildman–Crippen MR) is 122 cm³/mol. The van der Waals surface area contributed by atoms with E-state index in [2.05, 4.69) is 27.5 Å². The molecule has 1 aliphatic rings. The Bertz CT molecular complexity index is 1290. The van der Waals surface area contributed by atoms with E-state index < -0.39 is 12.5 Å². The van der Waals surface area contributed by atoms with Crippen molar-refractivity contribution in [2.24, 2.45) is 0 Å². The maximum atomic E-state index is 14.0. The second kappa shape index (κ2) is 8.31. The number of aryl methyl sites for hydroxylation is 1. The molecule has 9 heteroatoms. The van der Waals surface area contributed by atoms with E-state index in [-0.39, 0.29) is 12.5 Å². The minimum Gasteiger partial charge on any atom is -0.363 e. The van der Waals surface area contributed by atoms with Crippen molar-refractivity contribution in [2.75, 3.05) is 5.32 Å². The fourth-order valence-electron chi connectivity index (χ4n) is 4.33. The Morgan fingerprint density at radius 2 is 1.88 bits per heavy atom. The Labute approximate surface area is 188 Å². The number of hydrogen-bond donors (Lipinski definition) is 2. The second-order valence-electron chi connectivity index (χ2n) is 7.77. The number of fused-ring (bicyclic) bond motifs is 1. The maximum absolute atomic E-state index is 14.0. The zero-order valence-electron chi connectivity index (χ0n) is 17.4. The molecule has 0 unspecified atom stereocenters. The number of aromatic amines is 1. The lowest BCUT2D eigenvalue weighted by molar-refractivity contribution is 0.0659. The summed E-state index contributed by atoms with van der Waals surface area (Å²) in [5, 5.41) is 15.1. The standard InChI is InChI=1S/C23H22F2N6S/c1-2-14-8-6-7-11-18(14)30-22(28-29-23(30)32)16-13-26-31-19(20(24)25)12-17(27-21(16)31)15-9-4-3-5-10-15/h3-11,13,17,19-20,27H,2,12H2,1H3,(H,29,32)/t17-,19+/m0/s1. The number of halogens is 2. The summed E-state index contributed by atoms with van der Waals surface area (Å²) >= 11 is 5.53. The van der Waals surface area contributed by atoms with Crippen LogP contribution in [0.2, 0.25) is 0 Å². The van der Waals surface area contributed by atoms with Crippen LogP contribution in [-0.4, -0.2) is 31.0 Å². The predicted octanol–water partition coefficient (Wildman–Crippen LogP) is 5.72. The van der Waals surface area contributed by atoms with Gasteiger partial charge in [-0.1, -0.05) is 55.5 Å². The number of anilines is 1. The van der Waals surface area contributed by atoms with Gasteiger partial charge in [0.15, 0.2) is 10.6 Å².